The van der Waals surface area contributed by atoms with Crippen LogP contribution in [0.15, 0.2) is 48.5 Å². The van der Waals surface area contributed by atoms with Gasteiger partial charge < -0.3 is 30.4 Å². The molecule has 5 amide bonds. The summed E-state index contributed by atoms with van der Waals surface area (Å²) in [6.45, 7) is 2.69. The summed E-state index contributed by atoms with van der Waals surface area (Å²) < 4.78 is 0. The molecular formula is C27H33N5O4. The van der Waals surface area contributed by atoms with Crippen LogP contribution in [0.2, 0.25) is 0 Å². The molecule has 3 N–H and O–H groups in total. The number of piperidine rings is 1. The van der Waals surface area contributed by atoms with Gasteiger partial charge in [0, 0.05) is 44.5 Å². The highest BCUT2D eigenvalue weighted by atomic mass is 16.3. The van der Waals surface area contributed by atoms with Gasteiger partial charge in [-0.05, 0) is 61.4 Å². The third-order valence-corrected chi connectivity index (χ3v) is 7.42. The topological polar surface area (TPSA) is 105 Å². The summed E-state index contributed by atoms with van der Waals surface area (Å²) >= 11 is 0. The Kier molecular flexibility index (Phi) is 6.97. The van der Waals surface area contributed by atoms with Crippen LogP contribution >= 0.6 is 0 Å². The molecule has 3 heterocycles. The SMILES string of the molecule is O=C(N[C@@H]1CCCCN(Cc2cccc(O)c2)C1=O)N1CCC(N2Cc3ccccc3NC2=O)CC1. The lowest BCUT2D eigenvalue weighted by molar-refractivity contribution is -0.133. The minimum Gasteiger partial charge on any atom is -0.508 e. The number of phenols is 1. The molecule has 0 bridgehead atoms. The van der Waals surface area contributed by atoms with Crippen LogP contribution in [0.5, 0.6) is 5.75 Å². The number of hydrogen-bond acceptors (Lipinski definition) is 4. The van der Waals surface area contributed by atoms with Gasteiger partial charge in [0.2, 0.25) is 5.91 Å². The number of urea groups is 2. The fraction of sp³-hybridized carbons (Fsp3) is 0.444. The number of anilines is 1. The van der Waals surface area contributed by atoms with E-state index in [2.05, 4.69) is 10.6 Å². The predicted molar refractivity (Wildman–Crippen MR) is 135 cm³/mol. The number of nitrogens with one attached hydrogen (secondary N) is 2. The maximum atomic E-state index is 13.2. The lowest BCUT2D eigenvalue weighted by Gasteiger charge is -2.40. The number of hydrogen-bond donors (Lipinski definition) is 3. The number of carbonyl (C=O) groups is 3. The number of aromatic hydroxyl groups is 1. The molecule has 0 unspecified atom stereocenters. The summed E-state index contributed by atoms with van der Waals surface area (Å²) in [5.74, 6) is 0.0944. The zero-order valence-corrected chi connectivity index (χ0v) is 20.4. The predicted octanol–water partition coefficient (Wildman–Crippen LogP) is 3.50. The first kappa shape index (κ1) is 24.0. The van der Waals surface area contributed by atoms with Gasteiger partial charge in [0.15, 0.2) is 0 Å². The van der Waals surface area contributed by atoms with Crippen molar-refractivity contribution < 1.29 is 19.5 Å². The number of phenolic OH excluding ortho intramolecular Hbond substituents is 1. The lowest BCUT2D eigenvalue weighted by atomic mass is 10.0. The summed E-state index contributed by atoms with van der Waals surface area (Å²) in [6.07, 6.45) is 3.76. The van der Waals surface area contributed by atoms with Crippen LogP contribution in [0.25, 0.3) is 0 Å². The van der Waals surface area contributed by atoms with Crippen molar-refractivity contribution in [3.05, 3.63) is 59.7 Å². The van der Waals surface area contributed by atoms with Crippen LogP contribution in [0, 0.1) is 0 Å². The molecule has 0 aromatic heterocycles. The van der Waals surface area contributed by atoms with Gasteiger partial charge in [-0.15, -0.1) is 0 Å². The molecule has 1 atom stereocenters. The number of likely N-dealkylation sites (tertiary alicyclic amines) is 2. The van der Waals surface area contributed by atoms with Crippen LogP contribution in [-0.2, 0) is 17.9 Å². The number of rotatable bonds is 4. The van der Waals surface area contributed by atoms with Crippen molar-refractivity contribution in [2.24, 2.45) is 0 Å². The van der Waals surface area contributed by atoms with E-state index < -0.39 is 6.04 Å². The van der Waals surface area contributed by atoms with Crippen LogP contribution in [0.3, 0.4) is 0 Å². The van der Waals surface area contributed by atoms with Gasteiger partial charge >= 0.3 is 12.1 Å². The summed E-state index contributed by atoms with van der Waals surface area (Å²) in [4.78, 5) is 44.3. The monoisotopic (exact) mass is 491 g/mol. The summed E-state index contributed by atoms with van der Waals surface area (Å²) in [5, 5.41) is 15.7. The van der Waals surface area contributed by atoms with Gasteiger partial charge in [-0.25, -0.2) is 9.59 Å². The first-order chi connectivity index (χ1) is 17.5. The molecule has 9 heteroatoms. The van der Waals surface area contributed by atoms with E-state index in [4.69, 9.17) is 0 Å². The van der Waals surface area contributed by atoms with Gasteiger partial charge in [-0.3, -0.25) is 4.79 Å². The van der Waals surface area contributed by atoms with Crippen molar-refractivity contribution in [1.82, 2.24) is 20.0 Å². The van der Waals surface area contributed by atoms with Gasteiger partial charge in [0.05, 0.1) is 0 Å². The van der Waals surface area contributed by atoms with Crippen LogP contribution in [0.1, 0.15) is 43.2 Å². The van der Waals surface area contributed by atoms with Crippen molar-refractivity contribution in [3.63, 3.8) is 0 Å². The average Bonchev–Trinajstić information content (AvgIpc) is 3.05. The molecule has 0 saturated carbocycles. The van der Waals surface area contributed by atoms with Crippen molar-refractivity contribution in [2.45, 2.75) is 57.3 Å². The fourth-order valence-electron chi connectivity index (χ4n) is 5.41. The molecule has 0 radical (unpaired) electrons. The van der Waals surface area contributed by atoms with Crippen molar-refractivity contribution in [3.8, 4) is 5.75 Å². The Morgan fingerprint density at radius 3 is 2.61 bits per heavy atom. The van der Waals surface area contributed by atoms with Crippen LogP contribution in [0.4, 0.5) is 15.3 Å². The van der Waals surface area contributed by atoms with Gasteiger partial charge in [0.25, 0.3) is 0 Å². The minimum atomic E-state index is -0.556. The molecule has 2 fully saturated rings. The van der Waals surface area contributed by atoms with Crippen molar-refractivity contribution >= 4 is 23.7 Å². The minimum absolute atomic E-state index is 0.0692. The fourth-order valence-corrected chi connectivity index (χ4v) is 5.41. The zero-order valence-electron chi connectivity index (χ0n) is 20.4. The number of amides is 5. The Balaban J connectivity index is 1.15. The molecule has 0 spiro atoms. The van der Waals surface area contributed by atoms with Crippen LogP contribution in [-0.4, -0.2) is 69.5 Å². The molecule has 2 aromatic carbocycles. The van der Waals surface area contributed by atoms with Gasteiger partial charge in [-0.2, -0.15) is 0 Å². The Labute approximate surface area is 211 Å². The summed E-state index contributed by atoms with van der Waals surface area (Å²) in [7, 11) is 0. The Morgan fingerprint density at radius 1 is 1.00 bits per heavy atom. The van der Waals surface area contributed by atoms with E-state index in [1.807, 2.05) is 35.2 Å². The van der Waals surface area contributed by atoms with Crippen molar-refractivity contribution in [2.75, 3.05) is 25.0 Å². The van der Waals surface area contributed by atoms with E-state index in [0.717, 1.165) is 29.7 Å². The number of benzene rings is 2. The second-order valence-corrected chi connectivity index (χ2v) is 9.86. The highest BCUT2D eigenvalue weighted by Gasteiger charge is 2.34. The molecule has 2 saturated heterocycles. The van der Waals surface area contributed by atoms with Crippen LogP contribution < -0.4 is 10.6 Å². The molecule has 36 heavy (non-hydrogen) atoms. The number of nitrogens with zero attached hydrogens (tertiary/aromatic N) is 3. The third kappa shape index (κ3) is 5.24. The number of carbonyl (C=O) groups excluding carboxylic acids is 3. The summed E-state index contributed by atoms with van der Waals surface area (Å²) in [6, 6.07) is 13.9. The number of fused-ring (bicyclic) bond motifs is 1. The Morgan fingerprint density at radius 2 is 1.81 bits per heavy atom. The van der Waals surface area contributed by atoms with Gasteiger partial charge in [-0.1, -0.05) is 30.3 Å². The maximum absolute atomic E-state index is 13.2. The molecule has 3 aliphatic rings. The second kappa shape index (κ2) is 10.5. The largest absolute Gasteiger partial charge is 0.508 e. The molecule has 3 aliphatic heterocycles. The first-order valence-electron chi connectivity index (χ1n) is 12.8. The standard InChI is InChI=1S/C27H33N5O4/c33-22-8-5-6-19(16-22)17-31-13-4-3-10-24(25(31)34)29-26(35)30-14-11-21(12-15-30)32-18-20-7-1-2-9-23(20)28-27(32)36/h1-2,5-9,16,21,24,33H,3-4,10-15,17-18H2,(H,28,36)(H,29,35)/t24-/m1/s1. The van der Waals surface area contributed by atoms with E-state index in [1.54, 1.807) is 28.0 Å². The molecular weight excluding hydrogens is 458 g/mol. The third-order valence-electron chi connectivity index (χ3n) is 7.42. The number of para-hydroxylation sites is 1. The van der Waals surface area contributed by atoms with E-state index >= 15 is 0 Å². The molecule has 2 aromatic rings. The lowest BCUT2D eigenvalue weighted by Crippen LogP contribution is -2.55. The smallest absolute Gasteiger partial charge is 0.322 e. The van der Waals surface area contributed by atoms with E-state index in [0.29, 0.717) is 52.0 Å². The van der Waals surface area contributed by atoms with E-state index in [9.17, 15) is 19.5 Å². The Hall–Kier alpha value is -3.75. The molecule has 190 valence electrons. The quantitative estimate of drug-likeness (QED) is 0.609. The second-order valence-electron chi connectivity index (χ2n) is 9.86. The maximum Gasteiger partial charge on any atom is 0.322 e. The summed E-state index contributed by atoms with van der Waals surface area (Å²) in [5.41, 5.74) is 2.82. The molecule has 0 aliphatic carbocycles. The van der Waals surface area contributed by atoms with E-state index in [-0.39, 0.29) is 29.8 Å². The zero-order chi connectivity index (χ0) is 25.1. The molecule has 9 nitrogen and oxygen atoms in total. The highest BCUT2D eigenvalue weighted by molar-refractivity contribution is 5.92. The highest BCUT2D eigenvalue weighted by Crippen LogP contribution is 2.27. The molecule has 5 rings (SSSR count). The van der Waals surface area contributed by atoms with Crippen molar-refractivity contribution in [1.29, 1.82) is 0 Å². The van der Waals surface area contributed by atoms with E-state index in [1.165, 1.54) is 0 Å². The first-order valence-corrected chi connectivity index (χ1v) is 12.8. The average molecular weight is 492 g/mol. The Bertz CT molecular complexity index is 1130. The normalized spacial score (nSPS) is 21.0. The van der Waals surface area contributed by atoms with Gasteiger partial charge in [0.1, 0.15) is 11.8 Å².